The van der Waals surface area contributed by atoms with Crippen molar-refractivity contribution in [2.75, 3.05) is 19.6 Å². The van der Waals surface area contributed by atoms with Crippen molar-refractivity contribution in [3.8, 4) is 0 Å². The minimum absolute atomic E-state index is 0.0882. The third kappa shape index (κ3) is 5.23. The zero-order valence-corrected chi connectivity index (χ0v) is 16.9. The Labute approximate surface area is 179 Å². The van der Waals surface area contributed by atoms with Crippen LogP contribution in [0.5, 0.6) is 0 Å². The number of rotatable bonds is 5. The first kappa shape index (κ1) is 21.3. The molecule has 0 saturated carbocycles. The highest BCUT2D eigenvalue weighted by molar-refractivity contribution is 5.67. The summed E-state index contributed by atoms with van der Waals surface area (Å²) >= 11 is 0. The highest BCUT2D eigenvalue weighted by atomic mass is 19.4. The van der Waals surface area contributed by atoms with Crippen molar-refractivity contribution in [3.63, 3.8) is 0 Å². The number of alkyl halides is 3. The standard InChI is InChI=1S/C26H23F4N/c27-24-11-9-21(10-12-24)25(20-5-2-1-3-6-20)18-31-15-13-19(14-16-31)22-7-4-8-23(17-22)26(28,29)30/h1-13,17,25H,14-16,18H2. The van der Waals surface area contributed by atoms with Gasteiger partial charge in [0.1, 0.15) is 5.82 Å². The Kier molecular flexibility index (Phi) is 6.23. The molecule has 0 amide bonds. The Bertz CT molecular complexity index is 1040. The van der Waals surface area contributed by atoms with Gasteiger partial charge in [0.2, 0.25) is 0 Å². The summed E-state index contributed by atoms with van der Waals surface area (Å²) in [7, 11) is 0. The van der Waals surface area contributed by atoms with Crippen molar-refractivity contribution in [3.05, 3.63) is 113 Å². The van der Waals surface area contributed by atoms with E-state index in [1.165, 1.54) is 24.3 Å². The van der Waals surface area contributed by atoms with E-state index in [1.807, 2.05) is 36.4 Å². The van der Waals surface area contributed by atoms with Crippen molar-refractivity contribution in [2.45, 2.75) is 18.5 Å². The van der Waals surface area contributed by atoms with Crippen molar-refractivity contribution in [1.82, 2.24) is 4.90 Å². The smallest absolute Gasteiger partial charge is 0.298 e. The summed E-state index contributed by atoms with van der Waals surface area (Å²) in [6.45, 7) is 2.17. The van der Waals surface area contributed by atoms with Crippen LogP contribution in [0, 0.1) is 5.82 Å². The van der Waals surface area contributed by atoms with Gasteiger partial charge in [-0.25, -0.2) is 4.39 Å². The Morgan fingerprint density at radius 3 is 2.19 bits per heavy atom. The van der Waals surface area contributed by atoms with E-state index in [1.54, 1.807) is 6.07 Å². The quantitative estimate of drug-likeness (QED) is 0.408. The fourth-order valence-corrected chi connectivity index (χ4v) is 4.08. The van der Waals surface area contributed by atoms with Gasteiger partial charge in [0.25, 0.3) is 0 Å². The maximum Gasteiger partial charge on any atom is 0.416 e. The molecule has 0 spiro atoms. The van der Waals surface area contributed by atoms with Crippen molar-refractivity contribution >= 4 is 5.57 Å². The maximum absolute atomic E-state index is 13.4. The molecule has 1 atom stereocenters. The fraction of sp³-hybridized carbons (Fsp3) is 0.231. The summed E-state index contributed by atoms with van der Waals surface area (Å²) in [6.07, 6.45) is -1.63. The van der Waals surface area contributed by atoms with Gasteiger partial charge in [-0.2, -0.15) is 13.2 Å². The zero-order chi connectivity index (χ0) is 21.8. The molecule has 1 aliphatic heterocycles. The summed E-state index contributed by atoms with van der Waals surface area (Å²) in [4.78, 5) is 2.29. The van der Waals surface area contributed by atoms with Crippen LogP contribution in [0.1, 0.15) is 34.6 Å². The Morgan fingerprint density at radius 1 is 0.839 bits per heavy atom. The second-order valence-corrected chi connectivity index (χ2v) is 7.83. The summed E-state index contributed by atoms with van der Waals surface area (Å²) in [5.74, 6) is -0.174. The normalized spacial score (nSPS) is 16.1. The van der Waals surface area contributed by atoms with Gasteiger partial charge in [-0.15, -0.1) is 0 Å². The molecule has 0 saturated heterocycles. The van der Waals surface area contributed by atoms with E-state index in [2.05, 4.69) is 17.0 Å². The van der Waals surface area contributed by atoms with Gasteiger partial charge in [0, 0.05) is 25.6 Å². The molecule has 5 heteroatoms. The first-order chi connectivity index (χ1) is 14.9. The van der Waals surface area contributed by atoms with Crippen LogP contribution in [0.25, 0.3) is 5.57 Å². The lowest BCUT2D eigenvalue weighted by atomic mass is 9.90. The van der Waals surface area contributed by atoms with E-state index in [9.17, 15) is 17.6 Å². The number of hydrogen-bond donors (Lipinski definition) is 0. The number of nitrogens with zero attached hydrogens (tertiary/aromatic N) is 1. The van der Waals surface area contributed by atoms with Gasteiger partial charge in [-0.05, 0) is 52.9 Å². The molecular formula is C26H23F4N. The molecule has 1 aliphatic rings. The number of hydrogen-bond acceptors (Lipinski definition) is 1. The molecule has 1 unspecified atom stereocenters. The summed E-state index contributed by atoms with van der Waals surface area (Å²) in [6, 6.07) is 22.2. The van der Waals surface area contributed by atoms with E-state index in [0.29, 0.717) is 18.5 Å². The van der Waals surface area contributed by atoms with Crippen LogP contribution >= 0.6 is 0 Å². The minimum atomic E-state index is -4.34. The average Bonchev–Trinajstić information content (AvgIpc) is 2.79. The number of benzene rings is 3. The lowest BCUT2D eigenvalue weighted by Gasteiger charge is -2.31. The second-order valence-electron chi connectivity index (χ2n) is 7.83. The molecule has 1 nitrogen and oxygen atoms in total. The van der Waals surface area contributed by atoms with Gasteiger partial charge >= 0.3 is 6.18 Å². The van der Waals surface area contributed by atoms with E-state index in [-0.39, 0.29) is 11.7 Å². The monoisotopic (exact) mass is 425 g/mol. The highest BCUT2D eigenvalue weighted by Gasteiger charge is 2.30. The Hall–Kier alpha value is -2.92. The SMILES string of the molecule is Fc1ccc(C(CN2CC=C(c3cccc(C(F)(F)F)c3)CC2)c2ccccc2)cc1. The molecule has 0 aliphatic carbocycles. The summed E-state index contributed by atoms with van der Waals surface area (Å²) in [5, 5.41) is 0. The lowest BCUT2D eigenvalue weighted by molar-refractivity contribution is -0.137. The molecule has 0 radical (unpaired) electrons. The van der Waals surface area contributed by atoms with Crippen LogP contribution in [-0.2, 0) is 6.18 Å². The molecule has 160 valence electrons. The van der Waals surface area contributed by atoms with E-state index < -0.39 is 11.7 Å². The van der Waals surface area contributed by atoms with Crippen LogP contribution in [-0.4, -0.2) is 24.5 Å². The molecule has 0 N–H and O–H groups in total. The van der Waals surface area contributed by atoms with Gasteiger partial charge < -0.3 is 0 Å². The third-order valence-electron chi connectivity index (χ3n) is 5.77. The summed E-state index contributed by atoms with van der Waals surface area (Å²) < 4.78 is 52.5. The van der Waals surface area contributed by atoms with E-state index in [4.69, 9.17) is 0 Å². The predicted octanol–water partition coefficient (Wildman–Crippen LogP) is 6.77. The van der Waals surface area contributed by atoms with Crippen molar-refractivity contribution in [1.29, 1.82) is 0 Å². The molecule has 4 rings (SSSR count). The lowest BCUT2D eigenvalue weighted by Crippen LogP contribution is -2.33. The first-order valence-electron chi connectivity index (χ1n) is 10.3. The first-order valence-corrected chi connectivity index (χ1v) is 10.3. The van der Waals surface area contributed by atoms with Crippen LogP contribution in [0.2, 0.25) is 0 Å². The maximum atomic E-state index is 13.4. The van der Waals surface area contributed by atoms with Crippen LogP contribution < -0.4 is 0 Å². The van der Waals surface area contributed by atoms with Crippen LogP contribution in [0.3, 0.4) is 0 Å². The molecule has 31 heavy (non-hydrogen) atoms. The van der Waals surface area contributed by atoms with E-state index >= 15 is 0 Å². The van der Waals surface area contributed by atoms with Gasteiger partial charge in [-0.1, -0.05) is 60.7 Å². The minimum Gasteiger partial charge on any atom is -0.298 e. The largest absolute Gasteiger partial charge is 0.416 e. The Balaban J connectivity index is 1.52. The Morgan fingerprint density at radius 2 is 1.55 bits per heavy atom. The highest BCUT2D eigenvalue weighted by Crippen LogP contribution is 2.33. The number of halogens is 4. The molecular weight excluding hydrogens is 402 g/mol. The topological polar surface area (TPSA) is 3.24 Å². The van der Waals surface area contributed by atoms with Gasteiger partial charge in [-0.3, -0.25) is 4.90 Å². The molecule has 0 bridgehead atoms. The second kappa shape index (κ2) is 9.06. The van der Waals surface area contributed by atoms with Crippen LogP contribution in [0.15, 0.2) is 84.9 Å². The summed E-state index contributed by atoms with van der Waals surface area (Å²) in [5.41, 5.74) is 3.16. The van der Waals surface area contributed by atoms with Gasteiger partial charge in [0.15, 0.2) is 0 Å². The van der Waals surface area contributed by atoms with Gasteiger partial charge in [0.05, 0.1) is 5.56 Å². The molecule has 3 aromatic rings. The van der Waals surface area contributed by atoms with E-state index in [0.717, 1.165) is 35.9 Å². The predicted molar refractivity (Wildman–Crippen MR) is 115 cm³/mol. The van der Waals surface area contributed by atoms with Crippen LogP contribution in [0.4, 0.5) is 17.6 Å². The van der Waals surface area contributed by atoms with Crippen molar-refractivity contribution < 1.29 is 17.6 Å². The molecule has 3 aromatic carbocycles. The average molecular weight is 425 g/mol. The van der Waals surface area contributed by atoms with Crippen molar-refractivity contribution in [2.24, 2.45) is 0 Å². The molecule has 1 heterocycles. The third-order valence-corrected chi connectivity index (χ3v) is 5.77. The fourth-order valence-electron chi connectivity index (χ4n) is 4.08. The zero-order valence-electron chi connectivity index (χ0n) is 16.9. The molecule has 0 aromatic heterocycles. The molecule has 0 fully saturated rings.